The van der Waals surface area contributed by atoms with Gasteiger partial charge in [-0.25, -0.2) is 0 Å². The number of benzene rings is 1. The maximum atomic E-state index is 5.22. The molecule has 1 aromatic rings. The van der Waals surface area contributed by atoms with Gasteiger partial charge in [0.2, 0.25) is 0 Å². The van der Waals surface area contributed by atoms with Gasteiger partial charge in [-0.1, -0.05) is 31.9 Å². The van der Waals surface area contributed by atoms with E-state index >= 15 is 0 Å². The molecule has 1 aliphatic carbocycles. The van der Waals surface area contributed by atoms with Gasteiger partial charge >= 0.3 is 0 Å². The molecule has 1 fully saturated rings. The highest BCUT2D eigenvalue weighted by Gasteiger charge is 2.23. The van der Waals surface area contributed by atoms with Crippen LogP contribution in [0.15, 0.2) is 24.3 Å². The molecule has 0 aliphatic heterocycles. The van der Waals surface area contributed by atoms with Gasteiger partial charge in [-0.2, -0.15) is 0 Å². The first kappa shape index (κ1) is 14.4. The Labute approximate surface area is 117 Å². The minimum absolute atomic E-state index is 0.460. The van der Waals surface area contributed by atoms with Gasteiger partial charge in [0, 0.05) is 12.1 Å². The van der Waals surface area contributed by atoms with Crippen LogP contribution < -0.4 is 10.1 Å². The third kappa shape index (κ3) is 3.73. The second kappa shape index (κ2) is 6.95. The Balaban J connectivity index is 1.97. The summed E-state index contributed by atoms with van der Waals surface area (Å²) in [6.07, 6.45) is 6.75. The van der Waals surface area contributed by atoms with Crippen LogP contribution in [0.5, 0.6) is 5.75 Å². The van der Waals surface area contributed by atoms with Crippen LogP contribution in [0, 0.1) is 5.92 Å². The van der Waals surface area contributed by atoms with E-state index in [1.807, 2.05) is 0 Å². The molecule has 0 spiro atoms. The summed E-state index contributed by atoms with van der Waals surface area (Å²) < 4.78 is 5.22. The first-order valence-electron chi connectivity index (χ1n) is 7.64. The van der Waals surface area contributed by atoms with Crippen molar-refractivity contribution in [3.05, 3.63) is 29.8 Å². The maximum absolute atomic E-state index is 5.22. The number of methoxy groups -OCH3 is 1. The number of hydrogen-bond acceptors (Lipinski definition) is 2. The highest BCUT2D eigenvalue weighted by atomic mass is 16.5. The number of ether oxygens (including phenoxy) is 1. The van der Waals surface area contributed by atoms with Crippen LogP contribution in [0.2, 0.25) is 0 Å². The molecule has 0 heterocycles. The van der Waals surface area contributed by atoms with Gasteiger partial charge < -0.3 is 10.1 Å². The lowest BCUT2D eigenvalue weighted by atomic mass is 9.96. The van der Waals surface area contributed by atoms with Crippen molar-refractivity contribution >= 4 is 0 Å². The van der Waals surface area contributed by atoms with E-state index in [-0.39, 0.29) is 0 Å². The van der Waals surface area contributed by atoms with Gasteiger partial charge in [-0.3, -0.25) is 0 Å². The fourth-order valence-electron chi connectivity index (χ4n) is 3.20. The first-order valence-corrected chi connectivity index (χ1v) is 7.64. The molecule has 1 aliphatic rings. The van der Waals surface area contributed by atoms with Gasteiger partial charge in [-0.15, -0.1) is 0 Å². The molecule has 106 valence electrons. The SMILES string of the molecule is CCC(N[C@H](C)C1CCCC1)c1ccc(OC)cc1. The Morgan fingerprint density at radius 1 is 1.21 bits per heavy atom. The third-order valence-electron chi connectivity index (χ3n) is 4.50. The smallest absolute Gasteiger partial charge is 0.118 e. The Kier molecular flexibility index (Phi) is 5.26. The zero-order valence-electron chi connectivity index (χ0n) is 12.5. The van der Waals surface area contributed by atoms with Crippen LogP contribution in [-0.4, -0.2) is 13.2 Å². The average molecular weight is 261 g/mol. The van der Waals surface area contributed by atoms with Crippen molar-refractivity contribution in [2.24, 2.45) is 5.92 Å². The van der Waals surface area contributed by atoms with Crippen molar-refractivity contribution in [3.8, 4) is 5.75 Å². The van der Waals surface area contributed by atoms with Crippen molar-refractivity contribution in [2.45, 2.75) is 58.0 Å². The van der Waals surface area contributed by atoms with Crippen LogP contribution in [0.4, 0.5) is 0 Å². The number of nitrogens with one attached hydrogen (secondary N) is 1. The molecule has 2 heteroatoms. The lowest BCUT2D eigenvalue weighted by molar-refractivity contribution is 0.338. The van der Waals surface area contributed by atoms with Crippen LogP contribution in [0.25, 0.3) is 0 Å². The summed E-state index contributed by atoms with van der Waals surface area (Å²) in [4.78, 5) is 0. The molecule has 1 N–H and O–H groups in total. The van der Waals surface area contributed by atoms with Crippen LogP contribution >= 0.6 is 0 Å². The zero-order chi connectivity index (χ0) is 13.7. The van der Waals surface area contributed by atoms with Crippen molar-refractivity contribution < 1.29 is 4.74 Å². The monoisotopic (exact) mass is 261 g/mol. The normalized spacial score (nSPS) is 19.3. The molecule has 0 amide bonds. The van der Waals surface area contributed by atoms with E-state index in [4.69, 9.17) is 4.74 Å². The fraction of sp³-hybridized carbons (Fsp3) is 0.647. The Morgan fingerprint density at radius 2 is 1.84 bits per heavy atom. The minimum Gasteiger partial charge on any atom is -0.497 e. The Hall–Kier alpha value is -1.02. The summed E-state index contributed by atoms with van der Waals surface area (Å²) in [5.41, 5.74) is 1.37. The minimum atomic E-state index is 0.460. The average Bonchev–Trinajstić information content (AvgIpc) is 2.99. The zero-order valence-corrected chi connectivity index (χ0v) is 12.5. The van der Waals surface area contributed by atoms with Crippen molar-refractivity contribution in [2.75, 3.05) is 7.11 Å². The van der Waals surface area contributed by atoms with Gasteiger partial charge in [0.25, 0.3) is 0 Å². The molecule has 1 saturated carbocycles. The molecule has 2 atom stereocenters. The summed E-state index contributed by atoms with van der Waals surface area (Å²) in [6, 6.07) is 9.55. The molecule has 0 bridgehead atoms. The topological polar surface area (TPSA) is 21.3 Å². The summed E-state index contributed by atoms with van der Waals surface area (Å²) >= 11 is 0. The number of rotatable bonds is 6. The third-order valence-corrected chi connectivity index (χ3v) is 4.50. The van der Waals surface area contributed by atoms with E-state index in [0.717, 1.165) is 18.1 Å². The molecule has 19 heavy (non-hydrogen) atoms. The van der Waals surface area contributed by atoms with Crippen molar-refractivity contribution in [1.82, 2.24) is 5.32 Å². The molecule has 0 aromatic heterocycles. The quantitative estimate of drug-likeness (QED) is 0.823. The van der Waals surface area contributed by atoms with E-state index < -0.39 is 0 Å². The van der Waals surface area contributed by atoms with Crippen LogP contribution in [-0.2, 0) is 0 Å². The van der Waals surface area contributed by atoms with Gasteiger partial charge in [0.05, 0.1) is 7.11 Å². The Bertz CT molecular complexity index is 367. The van der Waals surface area contributed by atoms with E-state index in [2.05, 4.69) is 43.4 Å². The summed E-state index contributed by atoms with van der Waals surface area (Å²) in [5, 5.41) is 3.82. The molecule has 0 saturated heterocycles. The molecule has 1 aromatic carbocycles. The number of hydrogen-bond donors (Lipinski definition) is 1. The largest absolute Gasteiger partial charge is 0.497 e. The molecular formula is C17H27NO. The van der Waals surface area contributed by atoms with E-state index in [1.54, 1.807) is 7.11 Å². The molecule has 1 unspecified atom stereocenters. The van der Waals surface area contributed by atoms with Gasteiger partial charge in [0.15, 0.2) is 0 Å². The molecule has 2 rings (SSSR count). The van der Waals surface area contributed by atoms with Gasteiger partial charge in [-0.05, 0) is 49.8 Å². The lowest BCUT2D eigenvalue weighted by Crippen LogP contribution is -2.35. The summed E-state index contributed by atoms with van der Waals surface area (Å²) in [7, 11) is 1.72. The van der Waals surface area contributed by atoms with E-state index in [9.17, 15) is 0 Å². The highest BCUT2D eigenvalue weighted by molar-refractivity contribution is 5.29. The van der Waals surface area contributed by atoms with Gasteiger partial charge in [0.1, 0.15) is 5.75 Å². The van der Waals surface area contributed by atoms with E-state index in [0.29, 0.717) is 12.1 Å². The highest BCUT2D eigenvalue weighted by Crippen LogP contribution is 2.29. The second-order valence-corrected chi connectivity index (χ2v) is 5.73. The van der Waals surface area contributed by atoms with Crippen molar-refractivity contribution in [1.29, 1.82) is 0 Å². The second-order valence-electron chi connectivity index (χ2n) is 5.73. The van der Waals surface area contributed by atoms with Crippen LogP contribution in [0.1, 0.15) is 57.6 Å². The predicted octanol–water partition coefficient (Wildman–Crippen LogP) is 4.31. The maximum Gasteiger partial charge on any atom is 0.118 e. The predicted molar refractivity (Wildman–Crippen MR) is 80.6 cm³/mol. The van der Waals surface area contributed by atoms with E-state index in [1.165, 1.54) is 31.2 Å². The standard InChI is InChI=1S/C17H27NO/c1-4-17(15-9-11-16(19-3)12-10-15)18-13(2)14-7-5-6-8-14/h9-14,17-18H,4-8H2,1-3H3/t13-,17?/m1/s1. The molecule has 2 nitrogen and oxygen atoms in total. The molecular weight excluding hydrogens is 234 g/mol. The summed E-state index contributed by atoms with van der Waals surface area (Å²) in [6.45, 7) is 4.60. The van der Waals surface area contributed by atoms with Crippen LogP contribution in [0.3, 0.4) is 0 Å². The fourth-order valence-corrected chi connectivity index (χ4v) is 3.20. The first-order chi connectivity index (χ1) is 9.24. The van der Waals surface area contributed by atoms with Crippen molar-refractivity contribution in [3.63, 3.8) is 0 Å². The molecule has 0 radical (unpaired) electrons. The Morgan fingerprint density at radius 3 is 2.37 bits per heavy atom. The summed E-state index contributed by atoms with van der Waals surface area (Å²) in [5.74, 6) is 1.80. The lowest BCUT2D eigenvalue weighted by Gasteiger charge is -2.27.